The van der Waals surface area contributed by atoms with Gasteiger partial charge in [0.15, 0.2) is 0 Å². The van der Waals surface area contributed by atoms with Crippen LogP contribution in [0.5, 0.6) is 0 Å². The highest BCUT2D eigenvalue weighted by Gasteiger charge is 2.22. The summed E-state index contributed by atoms with van der Waals surface area (Å²) < 4.78 is 0. The number of aliphatic hydroxyl groups is 1. The van der Waals surface area contributed by atoms with E-state index in [9.17, 15) is 5.11 Å². The van der Waals surface area contributed by atoms with Crippen molar-refractivity contribution in [3.8, 4) is 0 Å². The topological polar surface area (TPSA) is 106 Å². The smallest absolute Gasteiger partial charge is 0.231 e. The SMILES string of the molecule is O[C@H]1CCCN(c2ccc(Nc3ncnc(N4CCN(c5ncc(Cc6ccccc6)cn5)CC4)n3)cc2)C1. The third kappa shape index (κ3) is 6.23. The van der Waals surface area contributed by atoms with Gasteiger partial charge in [0.1, 0.15) is 6.33 Å². The van der Waals surface area contributed by atoms with Crippen molar-refractivity contribution in [2.75, 3.05) is 59.3 Å². The van der Waals surface area contributed by atoms with Crippen LogP contribution in [0, 0.1) is 0 Å². The molecule has 0 aliphatic carbocycles. The van der Waals surface area contributed by atoms with Crippen LogP contribution >= 0.6 is 0 Å². The first-order valence-electron chi connectivity index (χ1n) is 13.5. The van der Waals surface area contributed by atoms with Crippen LogP contribution in [0.4, 0.5) is 29.2 Å². The van der Waals surface area contributed by atoms with Crippen molar-refractivity contribution in [2.24, 2.45) is 0 Å². The number of β-amino-alcohol motifs (C(OH)–C–C–N with tert-alkyl or cyclic N) is 1. The van der Waals surface area contributed by atoms with Crippen molar-refractivity contribution < 1.29 is 5.11 Å². The molecule has 200 valence electrons. The van der Waals surface area contributed by atoms with E-state index in [0.29, 0.717) is 18.4 Å². The molecule has 2 N–H and O–H groups in total. The lowest BCUT2D eigenvalue weighted by Gasteiger charge is -2.34. The summed E-state index contributed by atoms with van der Waals surface area (Å²) in [6.45, 7) is 4.78. The van der Waals surface area contributed by atoms with E-state index in [4.69, 9.17) is 0 Å². The molecule has 2 fully saturated rings. The van der Waals surface area contributed by atoms with Crippen molar-refractivity contribution >= 4 is 29.2 Å². The number of nitrogens with zero attached hydrogens (tertiary/aromatic N) is 8. The molecule has 2 aliphatic heterocycles. The van der Waals surface area contributed by atoms with Gasteiger partial charge in [-0.2, -0.15) is 4.98 Å². The van der Waals surface area contributed by atoms with Crippen LogP contribution < -0.4 is 20.0 Å². The first-order chi connectivity index (χ1) is 19.2. The minimum absolute atomic E-state index is 0.250. The van der Waals surface area contributed by atoms with E-state index >= 15 is 0 Å². The molecule has 0 unspecified atom stereocenters. The molecule has 1 atom stereocenters. The largest absolute Gasteiger partial charge is 0.391 e. The van der Waals surface area contributed by atoms with Crippen molar-refractivity contribution in [3.63, 3.8) is 0 Å². The monoisotopic (exact) mass is 523 g/mol. The molecule has 4 aromatic rings. The standard InChI is InChI=1S/C29H33N9O/c39-26-7-4-12-38(20-26)25-10-8-24(9-11-25)34-27-32-21-33-29(35-27)37-15-13-36(14-16-37)28-30-18-23(19-31-28)17-22-5-2-1-3-6-22/h1-3,5-6,8-11,18-19,21,26,39H,4,7,12-17,20H2,(H,32,33,34,35)/t26-/m0/s1. The van der Waals surface area contributed by atoms with Crippen LogP contribution in [0.1, 0.15) is 24.0 Å². The molecule has 6 rings (SSSR count). The van der Waals surface area contributed by atoms with E-state index in [-0.39, 0.29) is 6.10 Å². The summed E-state index contributed by atoms with van der Waals surface area (Å²) in [5.41, 5.74) is 4.38. The Balaban J connectivity index is 1.03. The summed E-state index contributed by atoms with van der Waals surface area (Å²) in [4.78, 5) is 29.2. The number of anilines is 5. The first kappa shape index (κ1) is 25.0. The Kier molecular flexibility index (Phi) is 7.44. The van der Waals surface area contributed by atoms with Gasteiger partial charge in [0.25, 0.3) is 0 Å². The molecule has 2 aromatic carbocycles. The minimum Gasteiger partial charge on any atom is -0.391 e. The van der Waals surface area contributed by atoms with E-state index in [0.717, 1.165) is 74.9 Å². The van der Waals surface area contributed by atoms with Crippen molar-refractivity contribution in [2.45, 2.75) is 25.4 Å². The summed E-state index contributed by atoms with van der Waals surface area (Å²) in [7, 11) is 0. The number of benzene rings is 2. The maximum absolute atomic E-state index is 9.96. The van der Waals surface area contributed by atoms with Gasteiger partial charge in [0.2, 0.25) is 17.8 Å². The van der Waals surface area contributed by atoms with Gasteiger partial charge >= 0.3 is 0 Å². The number of hydrogen-bond acceptors (Lipinski definition) is 10. The van der Waals surface area contributed by atoms with Gasteiger partial charge in [-0.3, -0.25) is 0 Å². The number of aliphatic hydroxyl groups excluding tert-OH is 1. The number of hydrogen-bond donors (Lipinski definition) is 2. The third-order valence-electron chi connectivity index (χ3n) is 7.23. The van der Waals surface area contributed by atoms with Gasteiger partial charge in [-0.25, -0.2) is 19.9 Å². The lowest BCUT2D eigenvalue weighted by molar-refractivity contribution is 0.154. The van der Waals surface area contributed by atoms with Gasteiger partial charge in [0, 0.05) is 69.5 Å². The second-order valence-electron chi connectivity index (χ2n) is 10.1. The first-order valence-corrected chi connectivity index (χ1v) is 13.5. The molecule has 0 amide bonds. The zero-order chi connectivity index (χ0) is 26.4. The van der Waals surface area contributed by atoms with Crippen LogP contribution in [0.2, 0.25) is 0 Å². The fourth-order valence-corrected chi connectivity index (χ4v) is 5.11. The zero-order valence-corrected chi connectivity index (χ0v) is 21.9. The molecule has 2 saturated heterocycles. The van der Waals surface area contributed by atoms with Crippen LogP contribution in [-0.2, 0) is 6.42 Å². The van der Waals surface area contributed by atoms with Crippen LogP contribution in [0.25, 0.3) is 0 Å². The number of piperidine rings is 1. The molecule has 39 heavy (non-hydrogen) atoms. The fourth-order valence-electron chi connectivity index (χ4n) is 5.11. The molecule has 0 bridgehead atoms. The average Bonchev–Trinajstić information content (AvgIpc) is 2.99. The van der Waals surface area contributed by atoms with E-state index in [1.165, 1.54) is 5.56 Å². The summed E-state index contributed by atoms with van der Waals surface area (Å²) >= 11 is 0. The summed E-state index contributed by atoms with van der Waals surface area (Å²) in [6.07, 6.45) is 7.87. The van der Waals surface area contributed by atoms with Crippen molar-refractivity contribution in [1.29, 1.82) is 0 Å². The Hall–Kier alpha value is -4.31. The lowest BCUT2D eigenvalue weighted by Crippen LogP contribution is -2.47. The highest BCUT2D eigenvalue weighted by atomic mass is 16.3. The Morgan fingerprint density at radius 3 is 2.18 bits per heavy atom. The van der Waals surface area contributed by atoms with Crippen molar-refractivity contribution in [3.05, 3.63) is 84.4 Å². The second kappa shape index (κ2) is 11.6. The summed E-state index contributed by atoms with van der Waals surface area (Å²) in [5, 5.41) is 13.3. The number of piperazine rings is 1. The molecule has 0 saturated carbocycles. The fraction of sp³-hybridized carbons (Fsp3) is 0.345. The third-order valence-corrected chi connectivity index (χ3v) is 7.23. The number of aromatic nitrogens is 5. The maximum Gasteiger partial charge on any atom is 0.231 e. The zero-order valence-electron chi connectivity index (χ0n) is 21.9. The summed E-state index contributed by atoms with van der Waals surface area (Å²) in [6, 6.07) is 18.5. The lowest BCUT2D eigenvalue weighted by atomic mass is 10.1. The molecule has 2 aliphatic rings. The quantitative estimate of drug-likeness (QED) is 0.375. The Bertz CT molecular complexity index is 1340. The predicted octanol–water partition coefficient (Wildman–Crippen LogP) is 3.28. The molecular formula is C29H33N9O. The van der Waals surface area contributed by atoms with Crippen LogP contribution in [0.15, 0.2) is 73.3 Å². The van der Waals surface area contributed by atoms with Gasteiger partial charge in [-0.05, 0) is 48.2 Å². The minimum atomic E-state index is -0.250. The molecule has 0 radical (unpaired) electrons. The van der Waals surface area contributed by atoms with Gasteiger partial charge < -0.3 is 25.1 Å². The highest BCUT2D eigenvalue weighted by Crippen LogP contribution is 2.24. The van der Waals surface area contributed by atoms with Gasteiger partial charge in [0.05, 0.1) is 6.10 Å². The number of nitrogens with one attached hydrogen (secondary N) is 1. The Labute approximate surface area is 228 Å². The molecule has 2 aromatic heterocycles. The van der Waals surface area contributed by atoms with Crippen LogP contribution in [-0.4, -0.2) is 75.4 Å². The van der Waals surface area contributed by atoms with Gasteiger partial charge in [-0.15, -0.1) is 0 Å². The summed E-state index contributed by atoms with van der Waals surface area (Å²) in [5.74, 6) is 1.93. The average molecular weight is 524 g/mol. The Morgan fingerprint density at radius 1 is 0.744 bits per heavy atom. The Morgan fingerprint density at radius 2 is 1.46 bits per heavy atom. The van der Waals surface area contributed by atoms with Crippen molar-refractivity contribution in [1.82, 2.24) is 24.9 Å². The molecule has 10 heteroatoms. The van der Waals surface area contributed by atoms with E-state index < -0.39 is 0 Å². The molecule has 10 nitrogen and oxygen atoms in total. The highest BCUT2D eigenvalue weighted by molar-refractivity contribution is 5.60. The normalized spacial score (nSPS) is 17.8. The second-order valence-corrected chi connectivity index (χ2v) is 10.1. The predicted molar refractivity (Wildman–Crippen MR) is 153 cm³/mol. The molecule has 0 spiro atoms. The maximum atomic E-state index is 9.96. The van der Waals surface area contributed by atoms with E-state index in [1.807, 2.05) is 30.6 Å². The van der Waals surface area contributed by atoms with Gasteiger partial charge in [-0.1, -0.05) is 30.3 Å². The van der Waals surface area contributed by atoms with Crippen LogP contribution in [0.3, 0.4) is 0 Å². The number of rotatable bonds is 7. The van der Waals surface area contributed by atoms with E-state index in [1.54, 1.807) is 6.33 Å². The molecule has 4 heterocycles. The van der Waals surface area contributed by atoms with E-state index in [2.05, 4.69) is 81.3 Å². The molecular weight excluding hydrogens is 490 g/mol.